The van der Waals surface area contributed by atoms with E-state index >= 15 is 0 Å². The average Bonchev–Trinajstić information content (AvgIpc) is 3.27. The third kappa shape index (κ3) is 3.19. The normalized spacial score (nSPS) is 25.8. The molecule has 1 aliphatic heterocycles. The molecule has 26 heavy (non-hydrogen) atoms. The molecule has 2 aromatic rings. The number of carboxylic acid groups (broad SMARTS) is 1. The zero-order valence-electron chi connectivity index (χ0n) is 14.8. The fraction of sp³-hybridized carbons (Fsp3) is 0.526. The second kappa shape index (κ2) is 7.07. The third-order valence-electron chi connectivity index (χ3n) is 5.64. The summed E-state index contributed by atoms with van der Waals surface area (Å²) in [4.78, 5) is 18.2. The topological polar surface area (TPSA) is 88.7 Å². The molecule has 7 nitrogen and oxygen atoms in total. The van der Waals surface area contributed by atoms with Crippen LogP contribution in [0.1, 0.15) is 38.0 Å². The predicted molar refractivity (Wildman–Crippen MR) is 93.6 cm³/mol. The van der Waals surface area contributed by atoms with Crippen molar-refractivity contribution in [1.29, 1.82) is 0 Å². The maximum Gasteiger partial charge on any atom is 0.320 e. The van der Waals surface area contributed by atoms with Crippen LogP contribution in [0, 0.1) is 5.92 Å². The number of rotatable bonds is 5. The molecule has 7 heteroatoms. The van der Waals surface area contributed by atoms with E-state index in [9.17, 15) is 9.90 Å². The first-order chi connectivity index (χ1) is 12.7. The Balaban J connectivity index is 1.52. The van der Waals surface area contributed by atoms with Gasteiger partial charge < -0.3 is 14.4 Å². The second-order valence-corrected chi connectivity index (χ2v) is 7.11. The van der Waals surface area contributed by atoms with E-state index in [1.807, 2.05) is 24.3 Å². The molecule has 1 saturated carbocycles. The molecule has 1 saturated heterocycles. The van der Waals surface area contributed by atoms with E-state index in [0.29, 0.717) is 30.2 Å². The zero-order chi connectivity index (χ0) is 18.1. The number of ether oxygens (including phenoxy) is 1. The largest absolute Gasteiger partial charge is 0.497 e. The number of nitrogens with zero attached hydrogens (tertiary/aromatic N) is 3. The van der Waals surface area contributed by atoms with Crippen molar-refractivity contribution in [3.8, 4) is 17.1 Å². The Hall–Kier alpha value is -2.41. The number of carbonyl (C=O) groups is 1. The number of aromatic nitrogens is 2. The molecule has 1 aromatic heterocycles. The third-order valence-corrected chi connectivity index (χ3v) is 5.64. The summed E-state index contributed by atoms with van der Waals surface area (Å²) in [5, 5.41) is 13.7. The molecule has 4 rings (SSSR count). The Labute approximate surface area is 152 Å². The van der Waals surface area contributed by atoms with Crippen LogP contribution in [0.25, 0.3) is 11.4 Å². The van der Waals surface area contributed by atoms with Gasteiger partial charge in [-0.25, -0.2) is 0 Å². The van der Waals surface area contributed by atoms with E-state index < -0.39 is 12.0 Å². The van der Waals surface area contributed by atoms with Gasteiger partial charge in [-0.2, -0.15) is 4.98 Å². The standard InChI is InChI=1S/C19H23N3O4/c1-25-14-8-6-12(7-9-14)18-20-17(26-21-18)11-22-15-5-3-2-4-13(15)10-16(22)19(23)24/h6-9,13,15-16H,2-5,10-11H2,1H3,(H,23,24). The maximum atomic E-state index is 11.7. The van der Waals surface area contributed by atoms with Gasteiger partial charge in [-0.05, 0) is 49.4 Å². The highest BCUT2D eigenvalue weighted by Gasteiger charge is 2.45. The van der Waals surface area contributed by atoms with E-state index in [-0.39, 0.29) is 0 Å². The summed E-state index contributed by atoms with van der Waals surface area (Å²) in [5.41, 5.74) is 0.840. The lowest BCUT2D eigenvalue weighted by atomic mass is 9.85. The minimum Gasteiger partial charge on any atom is -0.497 e. The van der Waals surface area contributed by atoms with Crippen molar-refractivity contribution in [3.05, 3.63) is 30.2 Å². The number of methoxy groups -OCH3 is 1. The molecule has 0 bridgehead atoms. The summed E-state index contributed by atoms with van der Waals surface area (Å²) in [6.07, 6.45) is 5.24. The monoisotopic (exact) mass is 357 g/mol. The Kier molecular flexibility index (Phi) is 4.63. The lowest BCUT2D eigenvalue weighted by molar-refractivity contribution is -0.143. The molecule has 0 amide bonds. The molecule has 2 heterocycles. The van der Waals surface area contributed by atoms with E-state index in [1.54, 1.807) is 7.11 Å². The predicted octanol–water partition coefficient (Wildman–Crippen LogP) is 2.96. The highest BCUT2D eigenvalue weighted by Crippen LogP contribution is 2.40. The molecular weight excluding hydrogens is 334 g/mol. The molecule has 3 atom stereocenters. The Bertz CT molecular complexity index is 773. The minimum absolute atomic E-state index is 0.307. The van der Waals surface area contributed by atoms with Crippen LogP contribution in [0.4, 0.5) is 0 Å². The van der Waals surface area contributed by atoms with Gasteiger partial charge in [0.15, 0.2) is 0 Å². The summed E-state index contributed by atoms with van der Waals surface area (Å²) >= 11 is 0. The van der Waals surface area contributed by atoms with Crippen molar-refractivity contribution < 1.29 is 19.2 Å². The molecule has 0 radical (unpaired) electrons. The van der Waals surface area contributed by atoms with Gasteiger partial charge in [0.1, 0.15) is 11.8 Å². The fourth-order valence-electron chi connectivity index (χ4n) is 4.36. The Morgan fingerprint density at radius 2 is 2.08 bits per heavy atom. The van der Waals surface area contributed by atoms with Crippen LogP contribution >= 0.6 is 0 Å². The smallest absolute Gasteiger partial charge is 0.320 e. The molecule has 138 valence electrons. The first-order valence-electron chi connectivity index (χ1n) is 9.11. The molecule has 2 aliphatic rings. The van der Waals surface area contributed by atoms with E-state index in [0.717, 1.165) is 37.0 Å². The highest BCUT2D eigenvalue weighted by atomic mass is 16.5. The Morgan fingerprint density at radius 3 is 2.81 bits per heavy atom. The summed E-state index contributed by atoms with van der Waals surface area (Å²) < 4.78 is 10.6. The minimum atomic E-state index is -0.755. The SMILES string of the molecule is COc1ccc(-c2noc(CN3C(C(=O)O)CC4CCCCC43)n2)cc1. The van der Waals surface area contributed by atoms with Crippen LogP contribution in [-0.2, 0) is 11.3 Å². The van der Waals surface area contributed by atoms with Gasteiger partial charge in [0.2, 0.25) is 11.7 Å². The van der Waals surface area contributed by atoms with Crippen molar-refractivity contribution in [2.45, 2.75) is 50.7 Å². The number of aliphatic carboxylic acids is 1. The maximum absolute atomic E-state index is 11.7. The zero-order valence-corrected chi connectivity index (χ0v) is 14.8. The summed E-state index contributed by atoms with van der Waals surface area (Å²) in [7, 11) is 1.62. The van der Waals surface area contributed by atoms with Crippen LogP contribution < -0.4 is 4.74 Å². The molecule has 2 fully saturated rings. The lowest BCUT2D eigenvalue weighted by Gasteiger charge is -2.31. The fourth-order valence-corrected chi connectivity index (χ4v) is 4.36. The van der Waals surface area contributed by atoms with Gasteiger partial charge in [-0.1, -0.05) is 18.0 Å². The summed E-state index contributed by atoms with van der Waals surface area (Å²) in [6.45, 7) is 0.390. The molecule has 1 aromatic carbocycles. The van der Waals surface area contributed by atoms with Crippen LogP contribution in [0.2, 0.25) is 0 Å². The van der Waals surface area contributed by atoms with Crippen LogP contribution in [-0.4, -0.2) is 45.3 Å². The number of hydrogen-bond donors (Lipinski definition) is 1. The number of benzene rings is 1. The number of hydrogen-bond acceptors (Lipinski definition) is 6. The first-order valence-corrected chi connectivity index (χ1v) is 9.11. The van der Waals surface area contributed by atoms with Crippen LogP contribution in [0.3, 0.4) is 0 Å². The summed E-state index contributed by atoms with van der Waals surface area (Å²) in [6, 6.07) is 7.29. The molecule has 1 aliphatic carbocycles. The van der Waals surface area contributed by atoms with Gasteiger partial charge >= 0.3 is 5.97 Å². The molecular formula is C19H23N3O4. The number of likely N-dealkylation sites (tertiary alicyclic amines) is 1. The molecule has 3 unspecified atom stereocenters. The lowest BCUT2D eigenvalue weighted by Crippen LogP contribution is -2.41. The van der Waals surface area contributed by atoms with Crippen molar-refractivity contribution in [2.24, 2.45) is 5.92 Å². The van der Waals surface area contributed by atoms with Gasteiger partial charge in [-0.3, -0.25) is 9.69 Å². The van der Waals surface area contributed by atoms with Gasteiger partial charge in [0.25, 0.3) is 0 Å². The van der Waals surface area contributed by atoms with E-state index in [4.69, 9.17) is 9.26 Å². The van der Waals surface area contributed by atoms with Gasteiger partial charge in [0, 0.05) is 11.6 Å². The van der Waals surface area contributed by atoms with Crippen molar-refractivity contribution in [2.75, 3.05) is 7.11 Å². The first kappa shape index (κ1) is 17.0. The summed E-state index contributed by atoms with van der Waals surface area (Å²) in [5.74, 6) is 1.45. The Morgan fingerprint density at radius 1 is 1.31 bits per heavy atom. The van der Waals surface area contributed by atoms with Gasteiger partial charge in [0.05, 0.1) is 13.7 Å². The van der Waals surface area contributed by atoms with Crippen molar-refractivity contribution in [1.82, 2.24) is 15.0 Å². The number of carboxylic acids is 1. The van der Waals surface area contributed by atoms with E-state index in [1.165, 1.54) is 6.42 Å². The van der Waals surface area contributed by atoms with Crippen molar-refractivity contribution in [3.63, 3.8) is 0 Å². The highest BCUT2D eigenvalue weighted by molar-refractivity contribution is 5.74. The van der Waals surface area contributed by atoms with E-state index in [2.05, 4.69) is 15.0 Å². The number of fused-ring (bicyclic) bond motifs is 1. The molecule has 0 spiro atoms. The van der Waals surface area contributed by atoms with Crippen molar-refractivity contribution >= 4 is 5.97 Å². The molecule has 1 N–H and O–H groups in total. The quantitative estimate of drug-likeness (QED) is 0.880. The second-order valence-electron chi connectivity index (χ2n) is 7.11. The van der Waals surface area contributed by atoms with Crippen LogP contribution in [0.5, 0.6) is 5.75 Å². The van der Waals surface area contributed by atoms with Gasteiger partial charge in [-0.15, -0.1) is 0 Å². The van der Waals surface area contributed by atoms with Crippen LogP contribution in [0.15, 0.2) is 28.8 Å². The average molecular weight is 357 g/mol.